The van der Waals surface area contributed by atoms with E-state index in [9.17, 15) is 9.59 Å². The van der Waals surface area contributed by atoms with Crippen molar-refractivity contribution in [2.45, 2.75) is 32.6 Å². The third kappa shape index (κ3) is 5.64. The van der Waals surface area contributed by atoms with Gasteiger partial charge in [-0.15, -0.1) is 0 Å². The molecule has 5 heteroatoms. The predicted octanol–water partition coefficient (Wildman–Crippen LogP) is 2.16. The smallest absolute Gasteiger partial charge is 0.337 e. The van der Waals surface area contributed by atoms with Gasteiger partial charge in [-0.25, -0.2) is 4.79 Å². The first-order valence-corrected chi connectivity index (χ1v) is 8.75. The molecule has 0 aliphatic carbocycles. The minimum absolute atomic E-state index is 0.124. The van der Waals surface area contributed by atoms with Crippen molar-refractivity contribution in [1.29, 1.82) is 0 Å². The number of hydrogen-bond donors (Lipinski definition) is 2. The van der Waals surface area contributed by atoms with Gasteiger partial charge in [0, 0.05) is 13.0 Å². The molecule has 0 spiro atoms. The Morgan fingerprint density at radius 1 is 1.33 bits per heavy atom. The number of carbonyl (C=O) groups is 2. The Hall–Kier alpha value is -1.88. The van der Waals surface area contributed by atoms with Gasteiger partial charge in [-0.2, -0.15) is 0 Å². The standard InChI is InChI=1S/C19H28N2O3/c1-14(17-4-3-10-20-13-17)12-18(22)21-11-9-15-5-7-16(8-6-15)19(23)24-2/h5-8,14,17,20H,3-4,9-13H2,1-2H3,(H,21,22). The average Bonchev–Trinajstić information content (AvgIpc) is 2.62. The van der Waals surface area contributed by atoms with Gasteiger partial charge in [0.25, 0.3) is 0 Å². The van der Waals surface area contributed by atoms with Gasteiger partial charge in [0.2, 0.25) is 5.91 Å². The van der Waals surface area contributed by atoms with Gasteiger partial charge in [0.05, 0.1) is 12.7 Å². The van der Waals surface area contributed by atoms with Gasteiger partial charge in [-0.1, -0.05) is 19.1 Å². The SMILES string of the molecule is COC(=O)c1ccc(CCNC(=O)CC(C)C2CCCNC2)cc1. The molecule has 1 aliphatic rings. The van der Waals surface area contributed by atoms with E-state index in [1.54, 1.807) is 12.1 Å². The fraction of sp³-hybridized carbons (Fsp3) is 0.579. The largest absolute Gasteiger partial charge is 0.465 e. The molecule has 5 nitrogen and oxygen atoms in total. The second kappa shape index (κ2) is 9.42. The zero-order valence-corrected chi connectivity index (χ0v) is 14.6. The summed E-state index contributed by atoms with van der Waals surface area (Å²) in [6, 6.07) is 7.30. The first-order chi connectivity index (χ1) is 11.6. The van der Waals surface area contributed by atoms with E-state index in [2.05, 4.69) is 22.3 Å². The third-order valence-electron chi connectivity index (χ3n) is 4.76. The van der Waals surface area contributed by atoms with E-state index in [1.165, 1.54) is 20.0 Å². The van der Waals surface area contributed by atoms with E-state index < -0.39 is 0 Å². The summed E-state index contributed by atoms with van der Waals surface area (Å²) in [6.07, 6.45) is 3.77. The van der Waals surface area contributed by atoms with Crippen molar-refractivity contribution in [3.05, 3.63) is 35.4 Å². The fourth-order valence-electron chi connectivity index (χ4n) is 3.17. The predicted molar refractivity (Wildman–Crippen MR) is 93.9 cm³/mol. The monoisotopic (exact) mass is 332 g/mol. The minimum Gasteiger partial charge on any atom is -0.465 e. The second-order valence-corrected chi connectivity index (χ2v) is 6.58. The van der Waals surface area contributed by atoms with Crippen LogP contribution in [0.2, 0.25) is 0 Å². The van der Waals surface area contributed by atoms with Gasteiger partial charge in [-0.05, 0) is 61.9 Å². The van der Waals surface area contributed by atoms with Gasteiger partial charge in [0.15, 0.2) is 0 Å². The lowest BCUT2D eigenvalue weighted by atomic mass is 9.85. The minimum atomic E-state index is -0.332. The first kappa shape index (κ1) is 18.5. The molecule has 1 saturated heterocycles. The number of rotatable bonds is 7. The van der Waals surface area contributed by atoms with Crippen LogP contribution in [-0.4, -0.2) is 38.6 Å². The molecule has 0 saturated carbocycles. The number of piperidine rings is 1. The van der Waals surface area contributed by atoms with Gasteiger partial charge < -0.3 is 15.4 Å². The Kier molecular flexibility index (Phi) is 7.25. The van der Waals surface area contributed by atoms with Crippen LogP contribution in [-0.2, 0) is 16.0 Å². The maximum atomic E-state index is 12.1. The quantitative estimate of drug-likeness (QED) is 0.751. The molecular weight excluding hydrogens is 304 g/mol. The number of ether oxygens (including phenoxy) is 1. The average molecular weight is 332 g/mol. The van der Waals surface area contributed by atoms with E-state index in [0.29, 0.717) is 30.4 Å². The second-order valence-electron chi connectivity index (χ2n) is 6.58. The zero-order chi connectivity index (χ0) is 17.4. The molecule has 1 amide bonds. The molecule has 1 aromatic carbocycles. The molecule has 2 unspecified atom stereocenters. The Labute approximate surface area is 144 Å². The summed E-state index contributed by atoms with van der Waals surface area (Å²) < 4.78 is 4.68. The molecule has 1 fully saturated rings. The van der Waals surface area contributed by atoms with Crippen molar-refractivity contribution < 1.29 is 14.3 Å². The summed E-state index contributed by atoms with van der Waals surface area (Å²) >= 11 is 0. The molecule has 1 heterocycles. The zero-order valence-electron chi connectivity index (χ0n) is 14.6. The molecule has 2 N–H and O–H groups in total. The van der Waals surface area contributed by atoms with E-state index in [0.717, 1.165) is 25.1 Å². The summed E-state index contributed by atoms with van der Waals surface area (Å²) in [4.78, 5) is 23.5. The molecule has 0 aromatic heterocycles. The highest BCUT2D eigenvalue weighted by Crippen LogP contribution is 2.22. The maximum absolute atomic E-state index is 12.1. The summed E-state index contributed by atoms with van der Waals surface area (Å²) in [5.74, 6) is 0.813. The number of esters is 1. The Morgan fingerprint density at radius 2 is 2.08 bits per heavy atom. The normalized spacial score (nSPS) is 18.7. The number of methoxy groups -OCH3 is 1. The third-order valence-corrected chi connectivity index (χ3v) is 4.76. The molecule has 2 rings (SSSR count). The van der Waals surface area contributed by atoms with E-state index in [-0.39, 0.29) is 11.9 Å². The van der Waals surface area contributed by atoms with Crippen LogP contribution in [0.25, 0.3) is 0 Å². The van der Waals surface area contributed by atoms with Crippen LogP contribution in [0.15, 0.2) is 24.3 Å². The number of benzene rings is 1. The van der Waals surface area contributed by atoms with Crippen molar-refractivity contribution in [3.8, 4) is 0 Å². The number of nitrogens with one attached hydrogen (secondary N) is 2. The molecular formula is C19H28N2O3. The summed E-state index contributed by atoms with van der Waals surface area (Å²) in [5.41, 5.74) is 1.63. The first-order valence-electron chi connectivity index (χ1n) is 8.75. The van der Waals surface area contributed by atoms with Gasteiger partial charge in [-0.3, -0.25) is 4.79 Å². The maximum Gasteiger partial charge on any atom is 0.337 e. The molecule has 132 valence electrons. The van der Waals surface area contributed by atoms with Gasteiger partial charge in [0.1, 0.15) is 0 Å². The van der Waals surface area contributed by atoms with Crippen molar-refractivity contribution in [2.24, 2.45) is 11.8 Å². The molecule has 2 atom stereocenters. The van der Waals surface area contributed by atoms with Crippen LogP contribution in [0.4, 0.5) is 0 Å². The molecule has 24 heavy (non-hydrogen) atoms. The summed E-state index contributed by atoms with van der Waals surface area (Å²) in [7, 11) is 1.37. The lowest BCUT2D eigenvalue weighted by Gasteiger charge is -2.28. The fourth-order valence-corrected chi connectivity index (χ4v) is 3.17. The van der Waals surface area contributed by atoms with Crippen LogP contribution < -0.4 is 10.6 Å². The Balaban J connectivity index is 1.69. The highest BCUT2D eigenvalue weighted by atomic mass is 16.5. The van der Waals surface area contributed by atoms with E-state index in [4.69, 9.17) is 0 Å². The van der Waals surface area contributed by atoms with E-state index in [1.807, 2.05) is 12.1 Å². The van der Waals surface area contributed by atoms with E-state index >= 15 is 0 Å². The lowest BCUT2D eigenvalue weighted by molar-refractivity contribution is -0.122. The van der Waals surface area contributed by atoms with Crippen LogP contribution in [0.3, 0.4) is 0 Å². The molecule has 1 aromatic rings. The van der Waals surface area contributed by atoms with Crippen LogP contribution in [0.5, 0.6) is 0 Å². The number of amides is 1. The van der Waals surface area contributed by atoms with Gasteiger partial charge >= 0.3 is 5.97 Å². The van der Waals surface area contributed by atoms with Crippen LogP contribution in [0.1, 0.15) is 42.1 Å². The Morgan fingerprint density at radius 3 is 2.71 bits per heavy atom. The summed E-state index contributed by atoms with van der Waals surface area (Å²) in [6.45, 7) is 4.92. The van der Waals surface area contributed by atoms with Crippen molar-refractivity contribution >= 4 is 11.9 Å². The van der Waals surface area contributed by atoms with Crippen LogP contribution in [0, 0.1) is 11.8 Å². The molecule has 0 bridgehead atoms. The summed E-state index contributed by atoms with van der Waals surface area (Å²) in [5, 5.41) is 6.40. The highest BCUT2D eigenvalue weighted by Gasteiger charge is 2.21. The number of carbonyl (C=O) groups excluding carboxylic acids is 2. The van der Waals surface area contributed by atoms with Crippen molar-refractivity contribution in [2.75, 3.05) is 26.7 Å². The lowest BCUT2D eigenvalue weighted by Crippen LogP contribution is -2.36. The highest BCUT2D eigenvalue weighted by molar-refractivity contribution is 5.89. The topological polar surface area (TPSA) is 67.4 Å². The van der Waals surface area contributed by atoms with Crippen molar-refractivity contribution in [3.63, 3.8) is 0 Å². The van der Waals surface area contributed by atoms with Crippen LogP contribution >= 0.6 is 0 Å². The number of hydrogen-bond acceptors (Lipinski definition) is 4. The Bertz CT molecular complexity index is 536. The van der Waals surface area contributed by atoms with Crippen molar-refractivity contribution in [1.82, 2.24) is 10.6 Å². The molecule has 0 radical (unpaired) electrons. The molecule has 1 aliphatic heterocycles.